The Hall–Kier alpha value is -6.51. The summed E-state index contributed by atoms with van der Waals surface area (Å²) in [5.41, 5.74) is 2.67. The summed E-state index contributed by atoms with van der Waals surface area (Å²) in [6, 6.07) is 16.3. The van der Waals surface area contributed by atoms with Crippen LogP contribution in [0.3, 0.4) is 0 Å². The number of fused-ring (bicyclic) bond motifs is 1. The Morgan fingerprint density at radius 3 is 2.38 bits per heavy atom. The van der Waals surface area contributed by atoms with Crippen molar-refractivity contribution in [2.45, 2.75) is 44.8 Å². The quantitative estimate of drug-likeness (QED) is 0.151. The minimum Gasteiger partial charge on any atom is -0.494 e. The van der Waals surface area contributed by atoms with Crippen molar-refractivity contribution in [2.24, 2.45) is 5.92 Å². The van der Waals surface area contributed by atoms with Gasteiger partial charge in [-0.1, -0.05) is 29.8 Å². The summed E-state index contributed by atoms with van der Waals surface area (Å²) in [5.74, 6) is -1.05. The zero-order valence-electron chi connectivity index (χ0n) is 37.0. The van der Waals surface area contributed by atoms with Gasteiger partial charge in [-0.25, -0.2) is 13.4 Å². The highest BCUT2D eigenvalue weighted by Crippen LogP contribution is 2.37. The number of carbonyl (C=O) groups excluding carboxylic acids is 5. The fraction of sp³-hybridized carbons (Fsp3) is 0.400. The van der Waals surface area contributed by atoms with Crippen LogP contribution in [0, 0.1) is 5.92 Å². The topological polar surface area (TPSA) is 216 Å². The largest absolute Gasteiger partial charge is 0.494 e. The van der Waals surface area contributed by atoms with Gasteiger partial charge in [0.1, 0.15) is 22.6 Å². The van der Waals surface area contributed by atoms with Crippen molar-refractivity contribution in [3.63, 3.8) is 0 Å². The number of halogens is 1. The Bertz CT molecular complexity index is 2670. The summed E-state index contributed by atoms with van der Waals surface area (Å²) in [6.45, 7) is 7.05. The van der Waals surface area contributed by atoms with Crippen molar-refractivity contribution in [3.05, 3.63) is 83.0 Å². The average molecular weight is 943 g/mol. The van der Waals surface area contributed by atoms with Crippen LogP contribution < -0.4 is 34.6 Å². The van der Waals surface area contributed by atoms with Crippen LogP contribution >= 0.6 is 11.6 Å². The summed E-state index contributed by atoms with van der Waals surface area (Å²) in [5, 5.41) is 8.80. The number of para-hydroxylation sites is 2. The second-order valence-electron chi connectivity index (χ2n) is 16.7. The normalized spacial score (nSPS) is 18.7. The maximum Gasteiger partial charge on any atom is 0.266 e. The Balaban J connectivity index is 0.812. The Labute approximate surface area is 387 Å². The minimum atomic E-state index is -3.52. The zero-order chi connectivity index (χ0) is 46.9. The molecule has 8 rings (SSSR count). The number of imide groups is 2. The molecule has 1 aromatic heterocycles. The van der Waals surface area contributed by atoms with Crippen molar-refractivity contribution in [1.29, 1.82) is 0 Å². The average Bonchev–Trinajstić information content (AvgIpc) is 3.56. The summed E-state index contributed by atoms with van der Waals surface area (Å²) in [4.78, 5) is 80.9. The molecular formula is C45H51ClN10O9S. The van der Waals surface area contributed by atoms with Crippen LogP contribution in [0.1, 0.15) is 53.3 Å². The van der Waals surface area contributed by atoms with Gasteiger partial charge in [-0.15, -0.1) is 0 Å². The molecule has 348 valence electrons. The maximum atomic E-state index is 13.6. The number of nitrogens with zero attached hydrogens (tertiary/aromatic N) is 7. The van der Waals surface area contributed by atoms with Gasteiger partial charge in [0.2, 0.25) is 27.8 Å². The lowest BCUT2D eigenvalue weighted by Crippen LogP contribution is -2.54. The lowest BCUT2D eigenvalue weighted by atomic mass is 9.95. The third kappa shape index (κ3) is 9.70. The number of benzene rings is 3. The lowest BCUT2D eigenvalue weighted by Gasteiger charge is -2.40. The molecule has 3 saturated heterocycles. The molecule has 0 spiro atoms. The first-order chi connectivity index (χ1) is 31.6. The first-order valence-electron chi connectivity index (χ1n) is 21.6. The van der Waals surface area contributed by atoms with E-state index in [1.165, 1.54) is 23.6 Å². The molecule has 0 bridgehead atoms. The fourth-order valence-corrected chi connectivity index (χ4v) is 9.40. The zero-order valence-corrected chi connectivity index (χ0v) is 38.5. The second-order valence-corrected chi connectivity index (χ2v) is 19.1. The lowest BCUT2D eigenvalue weighted by molar-refractivity contribution is -0.139. The van der Waals surface area contributed by atoms with E-state index < -0.39 is 45.8 Å². The van der Waals surface area contributed by atoms with E-state index in [9.17, 15) is 32.4 Å². The van der Waals surface area contributed by atoms with E-state index in [1.807, 2.05) is 18.2 Å². The molecule has 3 fully saturated rings. The number of piperazine rings is 1. The molecular weight excluding hydrogens is 892 g/mol. The van der Waals surface area contributed by atoms with E-state index in [0.717, 1.165) is 62.4 Å². The number of aromatic nitrogens is 2. The monoisotopic (exact) mass is 942 g/mol. The Morgan fingerprint density at radius 1 is 0.924 bits per heavy atom. The molecule has 5 heterocycles. The van der Waals surface area contributed by atoms with Gasteiger partial charge in [-0.05, 0) is 68.5 Å². The van der Waals surface area contributed by atoms with Gasteiger partial charge in [0.25, 0.3) is 17.7 Å². The summed E-state index contributed by atoms with van der Waals surface area (Å²) >= 11 is 6.47. The second kappa shape index (κ2) is 19.1. The SMILES string of the molecule is COc1cc(N2CCN(CC3CCN(C(=O)[C@@H](C)Oc4cccc5c4C(=O)N(C4CCC(=O)NC4=O)C5=O)CC3)CC2)ccc1Nc1ncc(Cl)c(Nc2ccccc2N(C)S(C)(=O)=O)n1. The minimum absolute atomic E-state index is 0.00918. The third-order valence-corrected chi connectivity index (χ3v) is 13.9. The standard InChI is InChI=1S/C45H51ClN10O9S/c1-27(65-36-11-7-8-30-39(36)44(61)56(43(30)60)35-14-15-38(57)50-41(35)58)42(59)55-18-16-28(17-19-55)26-53-20-22-54(23-21-53)29-12-13-33(37(24-29)64-3)49-45-47-25-31(46)40(51-45)48-32-9-5-6-10-34(32)52(2)66(4,62)63/h5-13,24-25,27-28,35H,14-23,26H2,1-4H3,(H,50,57,58)(H2,47,48,49,51)/t27-,35?/m1/s1. The number of hydrogen-bond acceptors (Lipinski definition) is 15. The van der Waals surface area contributed by atoms with Gasteiger partial charge < -0.3 is 29.9 Å². The molecule has 0 radical (unpaired) electrons. The van der Waals surface area contributed by atoms with E-state index in [1.54, 1.807) is 55.3 Å². The van der Waals surface area contributed by atoms with Crippen molar-refractivity contribution in [1.82, 2.24) is 30.0 Å². The van der Waals surface area contributed by atoms with Gasteiger partial charge >= 0.3 is 0 Å². The first kappa shape index (κ1) is 46.0. The highest BCUT2D eigenvalue weighted by Gasteiger charge is 2.46. The smallest absolute Gasteiger partial charge is 0.266 e. The molecule has 4 aromatic rings. The van der Waals surface area contributed by atoms with E-state index in [0.29, 0.717) is 41.8 Å². The summed E-state index contributed by atoms with van der Waals surface area (Å²) < 4.78 is 37.5. The number of carbonyl (C=O) groups is 5. The first-order valence-corrected chi connectivity index (χ1v) is 23.9. The van der Waals surface area contributed by atoms with Crippen molar-refractivity contribution >= 4 is 85.7 Å². The van der Waals surface area contributed by atoms with Crippen LogP contribution in [0.4, 0.5) is 34.5 Å². The molecule has 0 aliphatic carbocycles. The molecule has 3 N–H and O–H groups in total. The molecule has 4 aliphatic rings. The van der Waals surface area contributed by atoms with Crippen LogP contribution in [-0.2, 0) is 24.4 Å². The Morgan fingerprint density at radius 2 is 1.67 bits per heavy atom. The van der Waals surface area contributed by atoms with Gasteiger partial charge in [-0.3, -0.25) is 43.4 Å². The number of piperidine rings is 2. The number of anilines is 6. The number of methoxy groups -OCH3 is 1. The maximum absolute atomic E-state index is 13.6. The number of rotatable bonds is 14. The van der Waals surface area contributed by atoms with E-state index in [2.05, 4.69) is 35.7 Å². The van der Waals surface area contributed by atoms with Crippen molar-refractivity contribution in [2.75, 3.05) is 86.1 Å². The molecule has 2 atom stereocenters. The third-order valence-electron chi connectivity index (χ3n) is 12.4. The van der Waals surface area contributed by atoms with Crippen LogP contribution in [0.5, 0.6) is 11.5 Å². The van der Waals surface area contributed by atoms with E-state index in [4.69, 9.17) is 21.1 Å². The number of ether oxygens (including phenoxy) is 2. The Kier molecular flexibility index (Phi) is 13.4. The van der Waals surface area contributed by atoms with E-state index >= 15 is 0 Å². The molecule has 19 nitrogen and oxygen atoms in total. The molecule has 21 heteroatoms. The summed E-state index contributed by atoms with van der Waals surface area (Å²) in [7, 11) is -0.455. The van der Waals surface area contributed by atoms with E-state index in [-0.39, 0.29) is 52.4 Å². The summed E-state index contributed by atoms with van der Waals surface area (Å²) in [6.07, 6.45) is 3.38. The molecule has 4 aliphatic heterocycles. The van der Waals surface area contributed by atoms with Gasteiger partial charge in [0, 0.05) is 71.0 Å². The van der Waals surface area contributed by atoms with Gasteiger partial charge in [-0.2, -0.15) is 4.98 Å². The molecule has 0 saturated carbocycles. The van der Waals surface area contributed by atoms with Gasteiger partial charge in [0.15, 0.2) is 11.9 Å². The number of sulfonamides is 1. The molecule has 66 heavy (non-hydrogen) atoms. The number of amides is 5. The van der Waals surface area contributed by atoms with Crippen LogP contribution in [-0.4, -0.2) is 141 Å². The number of hydrogen-bond donors (Lipinski definition) is 3. The van der Waals surface area contributed by atoms with Crippen molar-refractivity contribution in [3.8, 4) is 11.5 Å². The van der Waals surface area contributed by atoms with Crippen LogP contribution in [0.25, 0.3) is 0 Å². The number of nitrogens with one attached hydrogen (secondary N) is 3. The predicted molar refractivity (Wildman–Crippen MR) is 247 cm³/mol. The van der Waals surface area contributed by atoms with Crippen LogP contribution in [0.2, 0.25) is 5.02 Å². The fourth-order valence-electron chi connectivity index (χ4n) is 8.75. The van der Waals surface area contributed by atoms with Crippen molar-refractivity contribution < 1.29 is 41.9 Å². The molecule has 5 amide bonds. The highest BCUT2D eigenvalue weighted by molar-refractivity contribution is 7.92. The van der Waals surface area contributed by atoms with Gasteiger partial charge in [0.05, 0.1) is 47.8 Å². The molecule has 1 unspecified atom stereocenters. The predicted octanol–water partition coefficient (Wildman–Crippen LogP) is 4.25. The highest BCUT2D eigenvalue weighted by atomic mass is 35.5. The molecule has 3 aromatic carbocycles. The van der Waals surface area contributed by atoms with Crippen LogP contribution in [0.15, 0.2) is 66.9 Å². The number of likely N-dealkylation sites (tertiary alicyclic amines) is 1.